The van der Waals surface area contributed by atoms with E-state index in [0.717, 1.165) is 24.1 Å². The third-order valence-electron chi connectivity index (χ3n) is 3.75. The zero-order valence-corrected chi connectivity index (χ0v) is 11.8. The van der Waals surface area contributed by atoms with Crippen molar-refractivity contribution in [3.05, 3.63) is 33.1 Å². The van der Waals surface area contributed by atoms with E-state index >= 15 is 0 Å². The summed E-state index contributed by atoms with van der Waals surface area (Å²) >= 11 is 0. The molecule has 0 aromatic carbocycles. The van der Waals surface area contributed by atoms with Gasteiger partial charge in [-0.15, -0.1) is 0 Å². The molecule has 110 valence electrons. The average molecular weight is 280 g/mol. The average Bonchev–Trinajstić information content (AvgIpc) is 2.42. The van der Waals surface area contributed by atoms with Crippen LogP contribution >= 0.6 is 0 Å². The number of nitrogens with one attached hydrogen (secondary N) is 2. The fourth-order valence-electron chi connectivity index (χ4n) is 2.33. The van der Waals surface area contributed by atoms with Crippen LogP contribution in [-0.4, -0.2) is 34.2 Å². The third kappa shape index (κ3) is 3.16. The van der Waals surface area contributed by atoms with Gasteiger partial charge < -0.3 is 10.6 Å². The van der Waals surface area contributed by atoms with E-state index in [9.17, 15) is 14.4 Å². The summed E-state index contributed by atoms with van der Waals surface area (Å²) in [5.74, 6) is 0.198. The summed E-state index contributed by atoms with van der Waals surface area (Å²) < 4.78 is 2.22. The van der Waals surface area contributed by atoms with Gasteiger partial charge in [0.2, 0.25) is 5.91 Å². The number of carbonyl (C=O) groups excluding carboxylic acids is 1. The van der Waals surface area contributed by atoms with Crippen molar-refractivity contribution in [1.82, 2.24) is 19.8 Å². The number of hydrogen-bond acceptors (Lipinski definition) is 4. The SMILES string of the molecule is CC1CCNCC1NC(=O)Cn1ccc(=O)n(C)c1=O. The Labute approximate surface area is 116 Å². The predicted octanol–water partition coefficient (Wildman–Crippen LogP) is -1.34. The van der Waals surface area contributed by atoms with Crippen molar-refractivity contribution >= 4 is 5.91 Å². The van der Waals surface area contributed by atoms with Crippen molar-refractivity contribution in [3.8, 4) is 0 Å². The molecule has 0 bridgehead atoms. The first-order chi connectivity index (χ1) is 9.49. The molecule has 2 heterocycles. The number of rotatable bonds is 3. The molecule has 7 heteroatoms. The van der Waals surface area contributed by atoms with Crippen LogP contribution < -0.4 is 21.9 Å². The highest BCUT2D eigenvalue weighted by Gasteiger charge is 2.22. The number of nitrogens with zero attached hydrogens (tertiary/aromatic N) is 2. The Kier molecular flexibility index (Phi) is 4.39. The Morgan fingerprint density at radius 1 is 1.50 bits per heavy atom. The van der Waals surface area contributed by atoms with Gasteiger partial charge in [0.1, 0.15) is 6.54 Å². The molecule has 2 unspecified atom stereocenters. The van der Waals surface area contributed by atoms with E-state index in [0.29, 0.717) is 5.92 Å². The van der Waals surface area contributed by atoms with Crippen LogP contribution in [0.15, 0.2) is 21.9 Å². The Morgan fingerprint density at radius 2 is 2.25 bits per heavy atom. The van der Waals surface area contributed by atoms with Crippen LogP contribution in [0.1, 0.15) is 13.3 Å². The molecule has 1 fully saturated rings. The first-order valence-electron chi connectivity index (χ1n) is 6.75. The van der Waals surface area contributed by atoms with Gasteiger partial charge >= 0.3 is 5.69 Å². The molecule has 2 rings (SSSR count). The van der Waals surface area contributed by atoms with Gasteiger partial charge in [-0.2, -0.15) is 0 Å². The number of carbonyl (C=O) groups is 1. The lowest BCUT2D eigenvalue weighted by molar-refractivity contribution is -0.122. The maximum Gasteiger partial charge on any atom is 0.331 e. The van der Waals surface area contributed by atoms with Crippen LogP contribution in [0.25, 0.3) is 0 Å². The molecule has 2 N–H and O–H groups in total. The second-order valence-electron chi connectivity index (χ2n) is 5.27. The van der Waals surface area contributed by atoms with Crippen LogP contribution in [-0.2, 0) is 18.4 Å². The molecular weight excluding hydrogens is 260 g/mol. The lowest BCUT2D eigenvalue weighted by Crippen LogP contribution is -2.51. The molecule has 1 aliphatic rings. The van der Waals surface area contributed by atoms with E-state index in [2.05, 4.69) is 17.6 Å². The van der Waals surface area contributed by atoms with E-state index < -0.39 is 5.69 Å². The minimum Gasteiger partial charge on any atom is -0.350 e. The van der Waals surface area contributed by atoms with Crippen LogP contribution in [0.2, 0.25) is 0 Å². The van der Waals surface area contributed by atoms with Crippen LogP contribution in [0, 0.1) is 5.92 Å². The van der Waals surface area contributed by atoms with Crippen LogP contribution in [0.5, 0.6) is 0 Å². The van der Waals surface area contributed by atoms with Crippen LogP contribution in [0.3, 0.4) is 0 Å². The van der Waals surface area contributed by atoms with Crippen molar-refractivity contribution in [3.63, 3.8) is 0 Å². The maximum absolute atomic E-state index is 12.0. The molecule has 0 saturated carbocycles. The molecular formula is C13H20N4O3. The maximum atomic E-state index is 12.0. The van der Waals surface area contributed by atoms with Gasteiger partial charge in [0.15, 0.2) is 0 Å². The number of amides is 1. The molecule has 0 radical (unpaired) electrons. The molecule has 1 saturated heterocycles. The van der Waals surface area contributed by atoms with Gasteiger partial charge in [0, 0.05) is 31.9 Å². The minimum absolute atomic E-state index is 0.0732. The first kappa shape index (κ1) is 14.5. The smallest absolute Gasteiger partial charge is 0.331 e. The van der Waals surface area contributed by atoms with Gasteiger partial charge in [0.25, 0.3) is 5.56 Å². The predicted molar refractivity (Wildman–Crippen MR) is 74.5 cm³/mol. The Bertz CT molecular complexity index is 604. The fourth-order valence-corrected chi connectivity index (χ4v) is 2.33. The highest BCUT2D eigenvalue weighted by Crippen LogP contribution is 2.10. The topological polar surface area (TPSA) is 85.1 Å². The Morgan fingerprint density at radius 3 is 2.95 bits per heavy atom. The highest BCUT2D eigenvalue weighted by molar-refractivity contribution is 5.76. The normalized spacial score (nSPS) is 22.5. The van der Waals surface area contributed by atoms with Crippen molar-refractivity contribution in [2.45, 2.75) is 25.9 Å². The first-order valence-corrected chi connectivity index (χ1v) is 6.75. The van der Waals surface area contributed by atoms with Gasteiger partial charge in [-0.25, -0.2) is 4.79 Å². The van der Waals surface area contributed by atoms with Crippen molar-refractivity contribution in [2.75, 3.05) is 13.1 Å². The summed E-state index contributed by atoms with van der Waals surface area (Å²) in [6.07, 6.45) is 2.37. The van der Waals surface area contributed by atoms with Gasteiger partial charge in [-0.1, -0.05) is 6.92 Å². The molecule has 1 aromatic rings. The molecule has 1 aliphatic heterocycles. The number of aromatic nitrogens is 2. The second-order valence-corrected chi connectivity index (χ2v) is 5.27. The molecule has 1 aromatic heterocycles. The van der Waals surface area contributed by atoms with E-state index in [1.807, 2.05) is 0 Å². The monoisotopic (exact) mass is 280 g/mol. The third-order valence-corrected chi connectivity index (χ3v) is 3.75. The number of piperidine rings is 1. The molecule has 1 amide bonds. The molecule has 0 spiro atoms. The van der Waals surface area contributed by atoms with E-state index in [-0.39, 0.29) is 24.1 Å². The summed E-state index contributed by atoms with van der Waals surface area (Å²) in [5, 5.41) is 6.16. The van der Waals surface area contributed by atoms with E-state index in [1.165, 1.54) is 23.9 Å². The summed E-state index contributed by atoms with van der Waals surface area (Å²) in [6, 6.07) is 1.36. The Balaban J connectivity index is 2.03. The largest absolute Gasteiger partial charge is 0.350 e. The zero-order chi connectivity index (χ0) is 14.7. The molecule has 20 heavy (non-hydrogen) atoms. The van der Waals surface area contributed by atoms with Gasteiger partial charge in [-0.3, -0.25) is 18.7 Å². The zero-order valence-electron chi connectivity index (χ0n) is 11.8. The number of hydrogen-bond donors (Lipinski definition) is 2. The lowest BCUT2D eigenvalue weighted by atomic mass is 9.95. The van der Waals surface area contributed by atoms with E-state index in [1.54, 1.807) is 0 Å². The van der Waals surface area contributed by atoms with Crippen molar-refractivity contribution < 1.29 is 4.79 Å². The van der Waals surface area contributed by atoms with Crippen molar-refractivity contribution in [1.29, 1.82) is 0 Å². The summed E-state index contributed by atoms with van der Waals surface area (Å²) in [4.78, 5) is 35.1. The molecule has 0 aliphatic carbocycles. The van der Waals surface area contributed by atoms with E-state index in [4.69, 9.17) is 0 Å². The second kappa shape index (κ2) is 6.04. The highest BCUT2D eigenvalue weighted by atomic mass is 16.2. The van der Waals surface area contributed by atoms with Crippen molar-refractivity contribution in [2.24, 2.45) is 13.0 Å². The van der Waals surface area contributed by atoms with Gasteiger partial charge in [-0.05, 0) is 18.9 Å². The fraction of sp³-hybridized carbons (Fsp3) is 0.615. The quantitative estimate of drug-likeness (QED) is 0.718. The standard InChI is InChI=1S/C13H20N4O3/c1-9-3-5-14-7-10(9)15-11(18)8-17-6-4-12(19)16(2)13(17)20/h4,6,9-10,14H,3,5,7-8H2,1-2H3,(H,15,18). The van der Waals surface area contributed by atoms with Gasteiger partial charge in [0.05, 0.1) is 0 Å². The Hall–Kier alpha value is -1.89. The molecule has 2 atom stereocenters. The molecule has 7 nitrogen and oxygen atoms in total. The summed E-state index contributed by atoms with van der Waals surface area (Å²) in [5.41, 5.74) is -0.862. The van der Waals surface area contributed by atoms with Crippen LogP contribution in [0.4, 0.5) is 0 Å². The summed E-state index contributed by atoms with van der Waals surface area (Å²) in [6.45, 7) is 3.74. The summed E-state index contributed by atoms with van der Waals surface area (Å²) in [7, 11) is 1.40. The lowest BCUT2D eigenvalue weighted by Gasteiger charge is -2.30. The minimum atomic E-state index is -0.484.